The minimum atomic E-state index is -0.539. The highest BCUT2D eigenvalue weighted by atomic mass is 28.3. The maximum absolute atomic E-state index is 4.18. The van der Waals surface area contributed by atoms with E-state index in [2.05, 4.69) is 33.5 Å². The summed E-state index contributed by atoms with van der Waals surface area (Å²) in [7, 11) is -0.539. The summed E-state index contributed by atoms with van der Waals surface area (Å²) in [6, 6.07) is 0. The molecule has 0 saturated heterocycles. The molecule has 0 aromatic heterocycles. The first-order valence-electron chi connectivity index (χ1n) is 6.75. The van der Waals surface area contributed by atoms with Crippen LogP contribution in [0.4, 0.5) is 0 Å². The first-order valence-corrected chi connectivity index (χ1v) is 9.64. The van der Waals surface area contributed by atoms with Gasteiger partial charge in [-0.25, -0.2) is 0 Å². The second-order valence-corrected chi connectivity index (χ2v) is 8.41. The minimum absolute atomic E-state index is 0.539. The Hall–Kier alpha value is -0.0431. The molecule has 0 aliphatic heterocycles. The maximum atomic E-state index is 4.18. The molecule has 0 aliphatic rings. The average Bonchev–Trinajstić information content (AvgIpc) is 2.22. The Morgan fingerprint density at radius 2 is 1.73 bits per heavy atom. The Balaban J connectivity index is 3.22. The van der Waals surface area contributed by atoms with E-state index < -0.39 is 8.80 Å². The Morgan fingerprint density at radius 3 is 2.27 bits per heavy atom. The highest BCUT2D eigenvalue weighted by molar-refractivity contribution is 6.63. The van der Waals surface area contributed by atoms with Crippen molar-refractivity contribution in [2.75, 3.05) is 0 Å². The summed E-state index contributed by atoms with van der Waals surface area (Å²) in [5.41, 5.74) is 0. The topological polar surface area (TPSA) is 0 Å². The van der Waals surface area contributed by atoms with Gasteiger partial charge in [-0.05, 0) is 18.8 Å². The van der Waals surface area contributed by atoms with E-state index in [0.29, 0.717) is 0 Å². The molecule has 0 saturated carbocycles. The number of unbranched alkanes of at least 4 members (excludes halogenated alkanes) is 3. The third kappa shape index (κ3) is 8.92. The van der Waals surface area contributed by atoms with E-state index in [9.17, 15) is 0 Å². The van der Waals surface area contributed by atoms with Crippen molar-refractivity contribution in [3.8, 4) is 0 Å². The van der Waals surface area contributed by atoms with Gasteiger partial charge in [0.15, 0.2) is 0 Å². The number of hydrogen-bond donors (Lipinski definition) is 0. The van der Waals surface area contributed by atoms with Crippen molar-refractivity contribution in [2.24, 2.45) is 5.92 Å². The van der Waals surface area contributed by atoms with Crippen LogP contribution < -0.4 is 0 Å². The molecular formula is C14H30Si. The average molecular weight is 226 g/mol. The lowest BCUT2D eigenvalue weighted by Crippen LogP contribution is -2.04. The summed E-state index contributed by atoms with van der Waals surface area (Å²) in [6.45, 7) is 13.6. The summed E-state index contributed by atoms with van der Waals surface area (Å²) in [4.78, 5) is 0. The van der Waals surface area contributed by atoms with Gasteiger partial charge in [-0.2, -0.15) is 0 Å². The SMILES string of the molecule is C=C(CCCCCCC(C)CC)[SiH](C)C. The molecule has 0 nitrogen and oxygen atoms in total. The fraction of sp³-hybridized carbons (Fsp3) is 0.857. The molecule has 0 heterocycles. The maximum Gasteiger partial charge on any atom is 0.0587 e. The van der Waals surface area contributed by atoms with Crippen molar-refractivity contribution >= 4 is 8.80 Å². The van der Waals surface area contributed by atoms with E-state index in [0.717, 1.165) is 5.92 Å². The molecule has 1 unspecified atom stereocenters. The number of allylic oxidation sites excluding steroid dienone is 1. The third-order valence-corrected chi connectivity index (χ3v) is 5.38. The van der Waals surface area contributed by atoms with Crippen LogP contribution in [0.25, 0.3) is 0 Å². The normalized spacial score (nSPS) is 13.1. The van der Waals surface area contributed by atoms with Crippen LogP contribution >= 0.6 is 0 Å². The zero-order valence-corrected chi connectivity index (χ0v) is 12.5. The van der Waals surface area contributed by atoms with Crippen molar-refractivity contribution in [3.05, 3.63) is 11.8 Å². The van der Waals surface area contributed by atoms with Crippen molar-refractivity contribution in [1.29, 1.82) is 0 Å². The van der Waals surface area contributed by atoms with Crippen molar-refractivity contribution in [3.63, 3.8) is 0 Å². The lowest BCUT2D eigenvalue weighted by atomic mass is 10.00. The van der Waals surface area contributed by atoms with Gasteiger partial charge in [0, 0.05) is 0 Å². The van der Waals surface area contributed by atoms with E-state index in [4.69, 9.17) is 0 Å². The van der Waals surface area contributed by atoms with Crippen LogP contribution in [0.1, 0.15) is 58.8 Å². The van der Waals surface area contributed by atoms with E-state index >= 15 is 0 Å². The van der Waals surface area contributed by atoms with Gasteiger partial charge in [-0.3, -0.25) is 0 Å². The zero-order valence-electron chi connectivity index (χ0n) is 11.3. The largest absolute Gasteiger partial charge is 0.104 e. The molecule has 0 aliphatic carbocycles. The zero-order chi connectivity index (χ0) is 11.7. The van der Waals surface area contributed by atoms with Gasteiger partial charge in [-0.15, -0.1) is 6.58 Å². The Bertz CT molecular complexity index is 161. The fourth-order valence-electron chi connectivity index (χ4n) is 1.69. The molecule has 0 radical (unpaired) electrons. The molecule has 0 aromatic rings. The molecule has 0 aromatic carbocycles. The van der Waals surface area contributed by atoms with E-state index in [1.165, 1.54) is 44.9 Å². The van der Waals surface area contributed by atoms with Gasteiger partial charge >= 0.3 is 0 Å². The van der Waals surface area contributed by atoms with Gasteiger partial charge in [0.25, 0.3) is 0 Å². The molecule has 0 spiro atoms. The molecule has 1 atom stereocenters. The van der Waals surface area contributed by atoms with Crippen LogP contribution in [0.2, 0.25) is 13.1 Å². The lowest BCUT2D eigenvalue weighted by molar-refractivity contribution is 0.475. The quantitative estimate of drug-likeness (QED) is 0.385. The van der Waals surface area contributed by atoms with E-state index in [1.54, 1.807) is 5.20 Å². The monoisotopic (exact) mass is 226 g/mol. The number of rotatable bonds is 9. The van der Waals surface area contributed by atoms with Crippen molar-refractivity contribution in [1.82, 2.24) is 0 Å². The second-order valence-electron chi connectivity index (χ2n) is 5.28. The molecule has 0 rings (SSSR count). The smallest absolute Gasteiger partial charge is 0.0587 e. The van der Waals surface area contributed by atoms with Gasteiger partial charge in [0.05, 0.1) is 8.80 Å². The molecule has 1 heteroatoms. The van der Waals surface area contributed by atoms with E-state index in [-0.39, 0.29) is 0 Å². The van der Waals surface area contributed by atoms with Crippen LogP contribution in [0.15, 0.2) is 11.8 Å². The van der Waals surface area contributed by atoms with Gasteiger partial charge in [-0.1, -0.05) is 64.2 Å². The van der Waals surface area contributed by atoms with Crippen molar-refractivity contribution in [2.45, 2.75) is 71.9 Å². The summed E-state index contributed by atoms with van der Waals surface area (Å²) in [6.07, 6.45) is 9.72. The third-order valence-electron chi connectivity index (χ3n) is 3.46. The van der Waals surface area contributed by atoms with Crippen LogP contribution in [-0.2, 0) is 0 Å². The van der Waals surface area contributed by atoms with Gasteiger partial charge < -0.3 is 0 Å². The first kappa shape index (κ1) is 15.0. The molecule has 15 heavy (non-hydrogen) atoms. The Morgan fingerprint density at radius 1 is 1.13 bits per heavy atom. The number of hydrogen-bond acceptors (Lipinski definition) is 0. The Kier molecular flexibility index (Phi) is 9.18. The summed E-state index contributed by atoms with van der Waals surface area (Å²) in [5, 5.41) is 1.57. The molecular weight excluding hydrogens is 196 g/mol. The molecule has 0 bridgehead atoms. The van der Waals surface area contributed by atoms with Crippen LogP contribution in [0.5, 0.6) is 0 Å². The lowest BCUT2D eigenvalue weighted by Gasteiger charge is -2.09. The highest BCUT2D eigenvalue weighted by Crippen LogP contribution is 2.15. The standard InChI is InChI=1S/C14H30Si/c1-6-13(2)11-9-7-8-10-12-14(3)15(4)5/h13,15H,3,6-12H2,1-2,4-5H3. The van der Waals surface area contributed by atoms with Crippen LogP contribution in [0, 0.1) is 5.92 Å². The Labute approximate surface area is 98.8 Å². The summed E-state index contributed by atoms with van der Waals surface area (Å²) in [5.74, 6) is 0.933. The summed E-state index contributed by atoms with van der Waals surface area (Å²) >= 11 is 0. The second kappa shape index (κ2) is 9.20. The minimum Gasteiger partial charge on any atom is -0.104 e. The molecule has 0 N–H and O–H groups in total. The fourth-order valence-corrected chi connectivity index (χ4v) is 2.47. The molecule has 0 fully saturated rings. The van der Waals surface area contributed by atoms with E-state index in [1.807, 2.05) is 0 Å². The predicted molar refractivity (Wildman–Crippen MR) is 75.2 cm³/mol. The highest BCUT2D eigenvalue weighted by Gasteiger charge is 2.01. The van der Waals surface area contributed by atoms with Crippen LogP contribution in [-0.4, -0.2) is 8.80 Å². The molecule has 0 amide bonds. The van der Waals surface area contributed by atoms with Crippen molar-refractivity contribution < 1.29 is 0 Å². The molecule has 90 valence electrons. The van der Waals surface area contributed by atoms with Gasteiger partial charge in [0.2, 0.25) is 0 Å². The predicted octanol–water partition coefficient (Wildman–Crippen LogP) is 4.96. The summed E-state index contributed by atoms with van der Waals surface area (Å²) < 4.78 is 0. The first-order chi connectivity index (χ1) is 7.07. The van der Waals surface area contributed by atoms with Gasteiger partial charge in [0.1, 0.15) is 0 Å². The van der Waals surface area contributed by atoms with Crippen LogP contribution in [0.3, 0.4) is 0 Å².